The van der Waals surface area contributed by atoms with Gasteiger partial charge >= 0.3 is 6.09 Å². The van der Waals surface area contributed by atoms with E-state index < -0.39 is 6.09 Å². The van der Waals surface area contributed by atoms with Crippen molar-refractivity contribution in [3.63, 3.8) is 0 Å². The molecule has 1 aliphatic rings. The lowest BCUT2D eigenvalue weighted by Crippen LogP contribution is -2.36. The second-order valence-electron chi connectivity index (χ2n) is 9.80. The van der Waals surface area contributed by atoms with E-state index in [1.54, 1.807) is 0 Å². The molecule has 1 amide bonds. The molecular formula is C27H47N3O3. The minimum atomic E-state index is -0.853. The average Bonchev–Trinajstić information content (AvgIpc) is 2.81. The second kappa shape index (κ2) is 16.1. The van der Waals surface area contributed by atoms with Crippen LogP contribution in [0.25, 0.3) is 0 Å². The van der Waals surface area contributed by atoms with E-state index in [-0.39, 0.29) is 0 Å². The smallest absolute Gasteiger partial charge is 0.411 e. The molecule has 1 atom stereocenters. The molecule has 0 aliphatic carbocycles. The van der Waals surface area contributed by atoms with E-state index in [4.69, 9.17) is 4.74 Å². The lowest BCUT2D eigenvalue weighted by Gasteiger charge is -2.26. The lowest BCUT2D eigenvalue weighted by molar-refractivity contribution is 0.0371. The Bertz CT molecular complexity index is 662. The molecule has 1 fully saturated rings. The number of unbranched alkanes of at least 4 members (excludes halogenated alkanes) is 7. The summed E-state index contributed by atoms with van der Waals surface area (Å²) < 4.78 is 5.40. The number of hydrogen-bond acceptors (Lipinski definition) is 4. The Hall–Kier alpha value is -1.63. The highest BCUT2D eigenvalue weighted by atomic mass is 16.5. The summed E-state index contributed by atoms with van der Waals surface area (Å²) >= 11 is 0. The largest absolute Gasteiger partial charge is 0.465 e. The molecule has 1 heterocycles. The lowest BCUT2D eigenvalue weighted by atomic mass is 9.97. The molecule has 2 rings (SSSR count). The molecule has 0 saturated carbocycles. The van der Waals surface area contributed by atoms with Crippen molar-refractivity contribution >= 4 is 11.8 Å². The van der Waals surface area contributed by atoms with Crippen molar-refractivity contribution in [2.75, 3.05) is 64.9 Å². The van der Waals surface area contributed by atoms with Gasteiger partial charge in [0.05, 0.1) is 13.2 Å². The molecule has 1 aromatic rings. The maximum Gasteiger partial charge on any atom is 0.411 e. The normalized spacial score (nSPS) is 15.6. The molecule has 1 unspecified atom stereocenters. The number of morpholine rings is 1. The minimum Gasteiger partial charge on any atom is -0.465 e. The van der Waals surface area contributed by atoms with Crippen molar-refractivity contribution in [3.8, 4) is 0 Å². The second-order valence-corrected chi connectivity index (χ2v) is 9.80. The van der Waals surface area contributed by atoms with Crippen LogP contribution in [0.1, 0.15) is 76.2 Å². The molecule has 0 radical (unpaired) electrons. The summed E-state index contributed by atoms with van der Waals surface area (Å²) in [6.45, 7) is 8.99. The number of hydrogen-bond donors (Lipinski definition) is 1. The van der Waals surface area contributed by atoms with Crippen LogP contribution in [0, 0.1) is 0 Å². The predicted octanol–water partition coefficient (Wildman–Crippen LogP) is 5.68. The summed E-state index contributed by atoms with van der Waals surface area (Å²) in [4.78, 5) is 18.1. The van der Waals surface area contributed by atoms with E-state index in [9.17, 15) is 9.90 Å². The van der Waals surface area contributed by atoms with Crippen molar-refractivity contribution < 1.29 is 14.6 Å². The summed E-state index contributed by atoms with van der Waals surface area (Å²) in [5, 5.41) is 9.76. The first kappa shape index (κ1) is 27.6. The number of ether oxygens (including phenoxy) is 1. The number of anilines is 1. The van der Waals surface area contributed by atoms with Crippen LogP contribution in [0.15, 0.2) is 24.3 Å². The van der Waals surface area contributed by atoms with E-state index in [1.165, 1.54) is 55.5 Å². The van der Waals surface area contributed by atoms with Gasteiger partial charge in [0.2, 0.25) is 0 Å². The Balaban J connectivity index is 1.61. The quantitative estimate of drug-likeness (QED) is 0.321. The Morgan fingerprint density at radius 2 is 1.64 bits per heavy atom. The van der Waals surface area contributed by atoms with Gasteiger partial charge in [-0.3, -0.25) is 9.80 Å². The SMILES string of the molecule is CC(CCN(C)C)c1cccc(N(CCCCCCCCCCN2CCOCC2)C(=O)O)c1. The van der Waals surface area contributed by atoms with E-state index >= 15 is 0 Å². The van der Waals surface area contributed by atoms with Crippen LogP contribution in [-0.4, -0.2) is 81.0 Å². The molecule has 0 aromatic heterocycles. The molecule has 0 bridgehead atoms. The molecule has 0 spiro atoms. The summed E-state index contributed by atoms with van der Waals surface area (Å²) in [5.41, 5.74) is 2.02. The average molecular weight is 462 g/mol. The van der Waals surface area contributed by atoms with Crippen molar-refractivity contribution in [3.05, 3.63) is 29.8 Å². The van der Waals surface area contributed by atoms with E-state index in [0.717, 1.165) is 57.8 Å². The van der Waals surface area contributed by atoms with Crippen molar-refractivity contribution in [1.29, 1.82) is 0 Å². The van der Waals surface area contributed by atoms with E-state index in [1.807, 2.05) is 12.1 Å². The molecule has 6 nitrogen and oxygen atoms in total. The Morgan fingerprint density at radius 1 is 1.00 bits per heavy atom. The third-order valence-electron chi connectivity index (χ3n) is 6.70. The fourth-order valence-corrected chi connectivity index (χ4v) is 4.44. The number of amides is 1. The van der Waals surface area contributed by atoms with Gasteiger partial charge in [-0.2, -0.15) is 0 Å². The molecule has 188 valence electrons. The maximum absolute atomic E-state index is 11.9. The zero-order valence-corrected chi connectivity index (χ0v) is 21.3. The highest BCUT2D eigenvalue weighted by Crippen LogP contribution is 2.25. The molecular weight excluding hydrogens is 414 g/mol. The van der Waals surface area contributed by atoms with Crippen LogP contribution >= 0.6 is 0 Å². The van der Waals surface area contributed by atoms with Crippen molar-refractivity contribution in [1.82, 2.24) is 9.80 Å². The fraction of sp³-hybridized carbons (Fsp3) is 0.741. The maximum atomic E-state index is 11.9. The molecule has 33 heavy (non-hydrogen) atoms. The monoisotopic (exact) mass is 461 g/mol. The van der Waals surface area contributed by atoms with Crippen molar-refractivity contribution in [2.24, 2.45) is 0 Å². The highest BCUT2D eigenvalue weighted by Gasteiger charge is 2.16. The van der Waals surface area contributed by atoms with Crippen LogP contribution in [0.5, 0.6) is 0 Å². The Labute approximate surface area is 201 Å². The first-order valence-corrected chi connectivity index (χ1v) is 13.0. The Kier molecular flexibility index (Phi) is 13.5. The van der Waals surface area contributed by atoms with Gasteiger partial charge in [-0.25, -0.2) is 4.79 Å². The highest BCUT2D eigenvalue weighted by molar-refractivity contribution is 5.86. The third kappa shape index (κ3) is 11.4. The topological polar surface area (TPSA) is 56.2 Å². The summed E-state index contributed by atoms with van der Waals surface area (Å²) in [6.07, 6.45) is 9.88. The zero-order valence-electron chi connectivity index (χ0n) is 21.3. The van der Waals surface area contributed by atoms with E-state index in [0.29, 0.717) is 12.5 Å². The molecule has 1 saturated heterocycles. The Morgan fingerprint density at radius 3 is 2.27 bits per heavy atom. The fourth-order valence-electron chi connectivity index (χ4n) is 4.44. The van der Waals surface area contributed by atoms with Gasteiger partial charge in [0, 0.05) is 25.3 Å². The van der Waals surface area contributed by atoms with Gasteiger partial charge in [-0.1, -0.05) is 57.6 Å². The third-order valence-corrected chi connectivity index (χ3v) is 6.70. The predicted molar refractivity (Wildman–Crippen MR) is 138 cm³/mol. The minimum absolute atomic E-state index is 0.414. The number of nitrogens with zero attached hydrogens (tertiary/aromatic N) is 3. The number of benzene rings is 1. The van der Waals surface area contributed by atoms with Crippen LogP contribution in [-0.2, 0) is 4.74 Å². The number of carbonyl (C=O) groups is 1. The van der Waals surface area contributed by atoms with Gasteiger partial charge in [0.15, 0.2) is 0 Å². The van der Waals surface area contributed by atoms with Gasteiger partial charge in [-0.05, 0) is 70.1 Å². The molecule has 1 aromatic carbocycles. The summed E-state index contributed by atoms with van der Waals surface area (Å²) in [5.74, 6) is 0.414. The van der Waals surface area contributed by atoms with Gasteiger partial charge in [0.25, 0.3) is 0 Å². The van der Waals surface area contributed by atoms with Crippen LogP contribution in [0.2, 0.25) is 0 Å². The first-order chi connectivity index (χ1) is 16.0. The van der Waals surface area contributed by atoms with E-state index in [2.05, 4.69) is 43.0 Å². The summed E-state index contributed by atoms with van der Waals surface area (Å²) in [6, 6.07) is 8.09. The number of carboxylic acid groups (broad SMARTS) is 1. The summed E-state index contributed by atoms with van der Waals surface area (Å²) in [7, 11) is 4.17. The van der Waals surface area contributed by atoms with Gasteiger partial charge in [0.1, 0.15) is 0 Å². The first-order valence-electron chi connectivity index (χ1n) is 13.0. The number of rotatable bonds is 16. The van der Waals surface area contributed by atoms with Crippen LogP contribution < -0.4 is 4.90 Å². The molecule has 6 heteroatoms. The van der Waals surface area contributed by atoms with Crippen LogP contribution in [0.3, 0.4) is 0 Å². The van der Waals surface area contributed by atoms with Crippen LogP contribution in [0.4, 0.5) is 10.5 Å². The molecule has 1 aliphatic heterocycles. The van der Waals surface area contributed by atoms with Gasteiger partial charge in [-0.15, -0.1) is 0 Å². The van der Waals surface area contributed by atoms with Gasteiger partial charge < -0.3 is 14.7 Å². The van der Waals surface area contributed by atoms with Crippen molar-refractivity contribution in [2.45, 2.75) is 70.6 Å². The standard InChI is InChI=1S/C27H47N3O3/c1-24(15-18-28(2)3)25-13-12-14-26(23-25)30(27(31)32)17-11-9-7-5-4-6-8-10-16-29-19-21-33-22-20-29/h12-14,23-24H,4-11,15-22H2,1-3H3,(H,31,32). The zero-order chi connectivity index (χ0) is 23.9. The molecule has 1 N–H and O–H groups in total.